The standard InChI is InChI=1S/C14H13NO2S/c1-11(16)18-9-3-5-12-4-2-6-13(10-12)14(17)7-8-15/h2-6,10H,7,9H2,1H3. The molecular weight excluding hydrogens is 246 g/mol. The Labute approximate surface area is 111 Å². The van der Waals surface area contributed by atoms with E-state index >= 15 is 0 Å². The molecule has 0 bridgehead atoms. The molecule has 0 spiro atoms. The lowest BCUT2D eigenvalue weighted by atomic mass is 10.1. The number of ketones is 1. The van der Waals surface area contributed by atoms with Gasteiger partial charge in [-0.1, -0.05) is 42.1 Å². The van der Waals surface area contributed by atoms with Crippen LogP contribution in [0.4, 0.5) is 0 Å². The molecule has 4 heteroatoms. The maximum atomic E-state index is 11.5. The molecule has 0 amide bonds. The molecule has 0 aromatic heterocycles. The van der Waals surface area contributed by atoms with Crippen LogP contribution in [-0.4, -0.2) is 16.7 Å². The van der Waals surface area contributed by atoms with Gasteiger partial charge in [0, 0.05) is 18.2 Å². The van der Waals surface area contributed by atoms with Gasteiger partial charge in [0.1, 0.15) is 0 Å². The lowest BCUT2D eigenvalue weighted by molar-refractivity contribution is -0.109. The molecule has 0 saturated carbocycles. The van der Waals surface area contributed by atoms with Crippen molar-refractivity contribution in [1.29, 1.82) is 5.26 Å². The first-order valence-electron chi connectivity index (χ1n) is 5.43. The molecule has 1 rings (SSSR count). The van der Waals surface area contributed by atoms with Crippen LogP contribution in [0, 0.1) is 11.3 Å². The summed E-state index contributed by atoms with van der Waals surface area (Å²) in [6.45, 7) is 1.53. The van der Waals surface area contributed by atoms with Crippen molar-refractivity contribution in [2.24, 2.45) is 0 Å². The van der Waals surface area contributed by atoms with Crippen LogP contribution in [0.1, 0.15) is 29.3 Å². The van der Waals surface area contributed by atoms with Crippen LogP contribution < -0.4 is 0 Å². The van der Waals surface area contributed by atoms with E-state index in [0.717, 1.165) is 5.56 Å². The number of hydrogen-bond donors (Lipinski definition) is 0. The van der Waals surface area contributed by atoms with Crippen LogP contribution in [-0.2, 0) is 4.79 Å². The molecule has 0 aliphatic carbocycles. The first-order valence-corrected chi connectivity index (χ1v) is 6.42. The highest BCUT2D eigenvalue weighted by atomic mass is 32.2. The number of nitrogens with zero attached hydrogens (tertiary/aromatic N) is 1. The Kier molecular flexibility index (Phi) is 5.89. The summed E-state index contributed by atoms with van der Waals surface area (Å²) >= 11 is 1.23. The fraction of sp³-hybridized carbons (Fsp3) is 0.214. The molecule has 3 nitrogen and oxygen atoms in total. The lowest BCUT2D eigenvalue weighted by Gasteiger charge is -1.98. The number of benzene rings is 1. The molecule has 1 aromatic carbocycles. The van der Waals surface area contributed by atoms with Crippen molar-refractivity contribution in [2.45, 2.75) is 13.3 Å². The van der Waals surface area contributed by atoms with Crippen molar-refractivity contribution in [1.82, 2.24) is 0 Å². The van der Waals surface area contributed by atoms with Gasteiger partial charge in [0.25, 0.3) is 0 Å². The van der Waals surface area contributed by atoms with Gasteiger partial charge in [0.2, 0.25) is 0 Å². The molecule has 0 aliphatic heterocycles. The predicted molar refractivity (Wildman–Crippen MR) is 73.2 cm³/mol. The lowest BCUT2D eigenvalue weighted by Crippen LogP contribution is -1.97. The van der Waals surface area contributed by atoms with Crippen LogP contribution in [0.15, 0.2) is 30.3 Å². The molecule has 0 radical (unpaired) electrons. The van der Waals surface area contributed by atoms with E-state index in [-0.39, 0.29) is 17.3 Å². The molecule has 0 unspecified atom stereocenters. The van der Waals surface area contributed by atoms with E-state index in [0.29, 0.717) is 11.3 Å². The Balaban J connectivity index is 2.68. The van der Waals surface area contributed by atoms with Gasteiger partial charge in [-0.05, 0) is 11.6 Å². The summed E-state index contributed by atoms with van der Waals surface area (Å²) < 4.78 is 0. The van der Waals surface area contributed by atoms with E-state index in [9.17, 15) is 9.59 Å². The minimum atomic E-state index is -0.175. The fourth-order valence-corrected chi connectivity index (χ4v) is 1.77. The van der Waals surface area contributed by atoms with Crippen LogP contribution in [0.25, 0.3) is 6.08 Å². The molecular formula is C14H13NO2S. The SMILES string of the molecule is CC(=O)SCC=Cc1cccc(C(=O)CC#N)c1. The molecule has 0 saturated heterocycles. The average molecular weight is 259 g/mol. The van der Waals surface area contributed by atoms with Crippen LogP contribution in [0.2, 0.25) is 0 Å². The molecule has 0 aliphatic rings. The van der Waals surface area contributed by atoms with Crippen LogP contribution in [0.5, 0.6) is 0 Å². The second kappa shape index (κ2) is 7.46. The van der Waals surface area contributed by atoms with Gasteiger partial charge in [0.15, 0.2) is 10.9 Å². The van der Waals surface area contributed by atoms with Gasteiger partial charge in [-0.2, -0.15) is 5.26 Å². The van der Waals surface area contributed by atoms with Gasteiger partial charge in [-0.3, -0.25) is 9.59 Å². The smallest absolute Gasteiger partial charge is 0.186 e. The summed E-state index contributed by atoms with van der Waals surface area (Å²) in [5.41, 5.74) is 1.43. The van der Waals surface area contributed by atoms with E-state index in [1.54, 1.807) is 18.2 Å². The Morgan fingerprint density at radius 2 is 2.22 bits per heavy atom. The molecule has 18 heavy (non-hydrogen) atoms. The number of nitriles is 1. The van der Waals surface area contributed by atoms with Gasteiger partial charge >= 0.3 is 0 Å². The van der Waals surface area contributed by atoms with E-state index in [1.807, 2.05) is 24.3 Å². The first-order chi connectivity index (χ1) is 8.63. The second-order valence-electron chi connectivity index (χ2n) is 3.59. The number of carbonyl (C=O) groups excluding carboxylic acids is 2. The van der Waals surface area contributed by atoms with E-state index in [2.05, 4.69) is 0 Å². The summed E-state index contributed by atoms with van der Waals surface area (Å²) in [4.78, 5) is 22.2. The normalized spacial score (nSPS) is 10.2. The monoisotopic (exact) mass is 259 g/mol. The summed E-state index contributed by atoms with van der Waals surface area (Å²) in [5.74, 6) is 0.442. The Bertz CT molecular complexity index is 515. The Morgan fingerprint density at radius 1 is 1.44 bits per heavy atom. The maximum Gasteiger partial charge on any atom is 0.186 e. The number of Topliss-reactive ketones (excluding diaryl/α,β-unsaturated/α-hetero) is 1. The molecule has 92 valence electrons. The third-order valence-corrected chi connectivity index (χ3v) is 2.91. The molecule has 0 N–H and O–H groups in total. The van der Waals surface area contributed by atoms with Crippen molar-refractivity contribution >= 4 is 28.7 Å². The predicted octanol–water partition coefficient (Wildman–Crippen LogP) is 3.08. The highest BCUT2D eigenvalue weighted by Crippen LogP contribution is 2.10. The van der Waals surface area contributed by atoms with Crippen molar-refractivity contribution in [2.75, 3.05) is 5.75 Å². The van der Waals surface area contributed by atoms with E-state index < -0.39 is 0 Å². The van der Waals surface area contributed by atoms with E-state index in [1.165, 1.54) is 18.7 Å². The van der Waals surface area contributed by atoms with Gasteiger partial charge in [0.05, 0.1) is 12.5 Å². The molecule has 0 heterocycles. The van der Waals surface area contributed by atoms with Crippen molar-refractivity contribution < 1.29 is 9.59 Å². The summed E-state index contributed by atoms with van der Waals surface area (Å²) in [7, 11) is 0. The number of thioether (sulfide) groups is 1. The highest BCUT2D eigenvalue weighted by molar-refractivity contribution is 8.13. The molecule has 0 atom stereocenters. The second-order valence-corrected chi connectivity index (χ2v) is 4.79. The van der Waals surface area contributed by atoms with Crippen molar-refractivity contribution in [3.05, 3.63) is 41.5 Å². The highest BCUT2D eigenvalue weighted by Gasteiger charge is 2.04. The molecule has 0 fully saturated rings. The summed E-state index contributed by atoms with van der Waals surface area (Å²) in [6, 6.07) is 8.94. The van der Waals surface area contributed by atoms with Crippen LogP contribution in [0.3, 0.4) is 0 Å². The minimum absolute atomic E-state index is 0.0811. The summed E-state index contributed by atoms with van der Waals surface area (Å²) in [5, 5.41) is 8.55. The quantitative estimate of drug-likeness (QED) is 0.762. The summed E-state index contributed by atoms with van der Waals surface area (Å²) in [6.07, 6.45) is 3.63. The fourth-order valence-electron chi connectivity index (χ4n) is 1.34. The number of hydrogen-bond acceptors (Lipinski definition) is 4. The third kappa shape index (κ3) is 4.98. The van der Waals surface area contributed by atoms with Gasteiger partial charge in [-0.15, -0.1) is 0 Å². The Morgan fingerprint density at radius 3 is 2.89 bits per heavy atom. The number of carbonyl (C=O) groups is 2. The van der Waals surface area contributed by atoms with Crippen LogP contribution >= 0.6 is 11.8 Å². The zero-order chi connectivity index (χ0) is 13.4. The van der Waals surface area contributed by atoms with Crippen molar-refractivity contribution in [3.8, 4) is 6.07 Å². The third-order valence-electron chi connectivity index (χ3n) is 2.14. The van der Waals surface area contributed by atoms with Gasteiger partial charge in [-0.25, -0.2) is 0 Å². The molecule has 1 aromatic rings. The largest absolute Gasteiger partial charge is 0.293 e. The van der Waals surface area contributed by atoms with Crippen molar-refractivity contribution in [3.63, 3.8) is 0 Å². The number of rotatable bonds is 5. The zero-order valence-corrected chi connectivity index (χ0v) is 10.9. The minimum Gasteiger partial charge on any atom is -0.293 e. The van der Waals surface area contributed by atoms with Gasteiger partial charge < -0.3 is 0 Å². The van der Waals surface area contributed by atoms with E-state index in [4.69, 9.17) is 5.26 Å². The maximum absolute atomic E-state index is 11.5. The zero-order valence-electron chi connectivity index (χ0n) is 10.1. The Hall–Kier alpha value is -1.86. The average Bonchev–Trinajstić information content (AvgIpc) is 2.35. The first kappa shape index (κ1) is 14.2. The topological polar surface area (TPSA) is 57.9 Å².